The molecule has 0 aromatic heterocycles. The zero-order valence-corrected chi connectivity index (χ0v) is 27.0. The van der Waals surface area contributed by atoms with Crippen molar-refractivity contribution >= 4 is 29.0 Å². The minimum absolute atomic E-state index is 0.0173. The second kappa shape index (κ2) is 14.8. The molecule has 1 atom stereocenters. The predicted octanol–water partition coefficient (Wildman–Crippen LogP) is 8.86. The predicted molar refractivity (Wildman–Crippen MR) is 178 cm³/mol. The van der Waals surface area contributed by atoms with Crippen LogP contribution in [0.2, 0.25) is 0 Å². The normalized spacial score (nSPS) is 12.1. The number of rotatable bonds is 13. The molecule has 3 aromatic carbocycles. The third-order valence-electron chi connectivity index (χ3n) is 8.42. The summed E-state index contributed by atoms with van der Waals surface area (Å²) in [5, 5.41) is 27.7. The fraction of sp³-hybridized carbons (Fsp3) is 0.417. The number of urea groups is 1. The molecular weight excluding hydrogens is 552 g/mol. The Labute approximate surface area is 261 Å². The number of nitrogens with one attached hydrogen (secondary N) is 3. The summed E-state index contributed by atoms with van der Waals surface area (Å²) in [5.74, 6) is 0.194. The molecule has 0 heterocycles. The van der Waals surface area contributed by atoms with Crippen LogP contribution in [-0.2, 0) is 15.6 Å². The molecule has 3 aromatic rings. The minimum Gasteiger partial charge on any atom is -0.506 e. The number of nitriles is 1. The molecule has 0 spiro atoms. The number of unbranched alkanes of at least 4 members (excludes halogenated alkanes) is 1. The van der Waals surface area contributed by atoms with Crippen LogP contribution >= 0.6 is 0 Å². The minimum atomic E-state index is -0.732. The van der Waals surface area contributed by atoms with Gasteiger partial charge in [-0.05, 0) is 84.5 Å². The number of hydrogen-bond donors (Lipinski definition) is 4. The van der Waals surface area contributed by atoms with Crippen molar-refractivity contribution in [3.8, 4) is 17.6 Å². The largest absolute Gasteiger partial charge is 0.506 e. The number of amides is 3. The molecule has 3 amide bonds. The average Bonchev–Trinajstić information content (AvgIpc) is 3.00. The van der Waals surface area contributed by atoms with Gasteiger partial charge in [0.15, 0.2) is 6.10 Å². The Bertz CT molecular complexity index is 1490. The van der Waals surface area contributed by atoms with Crippen molar-refractivity contribution in [3.63, 3.8) is 0 Å². The van der Waals surface area contributed by atoms with Crippen LogP contribution in [-0.4, -0.2) is 23.1 Å². The Morgan fingerprint density at radius 3 is 2.11 bits per heavy atom. The van der Waals surface area contributed by atoms with Gasteiger partial charge in [-0.2, -0.15) is 5.26 Å². The summed E-state index contributed by atoms with van der Waals surface area (Å²) < 4.78 is 6.49. The maximum Gasteiger partial charge on any atom is 0.323 e. The molecule has 3 rings (SSSR count). The van der Waals surface area contributed by atoms with Crippen LogP contribution in [0.1, 0.15) is 97.3 Å². The molecule has 0 aliphatic rings. The van der Waals surface area contributed by atoms with E-state index in [0.29, 0.717) is 29.1 Å². The van der Waals surface area contributed by atoms with E-state index in [-0.39, 0.29) is 28.2 Å². The first-order valence-electron chi connectivity index (χ1n) is 15.4. The van der Waals surface area contributed by atoms with Crippen molar-refractivity contribution in [2.45, 2.75) is 97.5 Å². The zero-order chi connectivity index (χ0) is 32.5. The highest BCUT2D eigenvalue weighted by Crippen LogP contribution is 2.39. The molecule has 0 aliphatic heterocycles. The van der Waals surface area contributed by atoms with E-state index in [1.807, 2.05) is 12.1 Å². The Morgan fingerprint density at radius 1 is 0.864 bits per heavy atom. The second-order valence-electron chi connectivity index (χ2n) is 12.4. The summed E-state index contributed by atoms with van der Waals surface area (Å²) >= 11 is 0. The van der Waals surface area contributed by atoms with Gasteiger partial charge in [0, 0.05) is 23.0 Å². The Kier molecular flexibility index (Phi) is 11.4. The van der Waals surface area contributed by atoms with Crippen LogP contribution in [0.15, 0.2) is 60.7 Å². The molecule has 8 nitrogen and oxygen atoms in total. The summed E-state index contributed by atoms with van der Waals surface area (Å²) in [7, 11) is 0. The molecule has 234 valence electrons. The summed E-state index contributed by atoms with van der Waals surface area (Å²) in [4.78, 5) is 26.0. The van der Waals surface area contributed by atoms with Gasteiger partial charge in [0.05, 0.1) is 17.3 Å². The van der Waals surface area contributed by atoms with Gasteiger partial charge in [0.1, 0.15) is 11.5 Å². The number of phenolic OH excluding ortho intramolecular Hbond substituents is 1. The lowest BCUT2D eigenvalue weighted by Crippen LogP contribution is -2.34. The van der Waals surface area contributed by atoms with Crippen molar-refractivity contribution in [3.05, 3.63) is 77.4 Å². The van der Waals surface area contributed by atoms with Gasteiger partial charge < -0.3 is 25.8 Å². The van der Waals surface area contributed by atoms with E-state index in [1.165, 1.54) is 17.7 Å². The highest BCUT2D eigenvalue weighted by atomic mass is 16.5. The molecule has 0 saturated carbocycles. The van der Waals surface area contributed by atoms with E-state index in [0.717, 1.165) is 31.2 Å². The number of carbonyl (C=O) groups is 2. The fourth-order valence-electron chi connectivity index (χ4n) is 4.61. The fourth-order valence-corrected chi connectivity index (χ4v) is 4.61. The first-order chi connectivity index (χ1) is 20.8. The number of aromatic hydroxyl groups is 1. The van der Waals surface area contributed by atoms with E-state index >= 15 is 0 Å². The number of phenols is 1. The Balaban J connectivity index is 1.77. The first kappa shape index (κ1) is 34.0. The van der Waals surface area contributed by atoms with Gasteiger partial charge >= 0.3 is 6.03 Å². The van der Waals surface area contributed by atoms with Crippen LogP contribution in [0.3, 0.4) is 0 Å². The van der Waals surface area contributed by atoms with E-state index in [4.69, 9.17) is 10.00 Å². The monoisotopic (exact) mass is 598 g/mol. The smallest absolute Gasteiger partial charge is 0.323 e. The maximum absolute atomic E-state index is 13.5. The second-order valence-corrected chi connectivity index (χ2v) is 12.4. The summed E-state index contributed by atoms with van der Waals surface area (Å²) in [6.45, 7) is 15.3. The number of anilines is 3. The Hall–Kier alpha value is -4.51. The number of benzene rings is 3. The van der Waals surface area contributed by atoms with Crippen molar-refractivity contribution < 1.29 is 19.4 Å². The zero-order valence-electron chi connectivity index (χ0n) is 27.0. The number of carbonyl (C=O) groups excluding carboxylic acids is 2. The molecular formula is C36H46N4O4. The van der Waals surface area contributed by atoms with Gasteiger partial charge in [-0.1, -0.05) is 67.0 Å². The van der Waals surface area contributed by atoms with Crippen LogP contribution in [0.4, 0.5) is 21.9 Å². The highest BCUT2D eigenvalue weighted by Gasteiger charge is 2.29. The Morgan fingerprint density at radius 2 is 1.52 bits per heavy atom. The van der Waals surface area contributed by atoms with Crippen molar-refractivity contribution in [2.75, 3.05) is 16.0 Å². The molecule has 0 saturated heterocycles. The SMILES string of the molecule is CCCCC(Oc1ccc(C(C)(C)CC)cc1C(C)(C)CC)C(=O)Nc1ccc(NC(=O)Nc2ccc(C#N)cc2)c(O)c1. The standard InChI is InChI=1S/C36H46N4O4/c1-8-11-12-32(44-31-20-15-25(35(4,5)9-2)21-28(31)36(6,7)10-3)33(42)38-27-18-19-29(30(41)22-27)40-34(43)39-26-16-13-24(23-37)14-17-26/h13-22,32,41H,8-12H2,1-7H3,(H,38,42)(H2,39,40,43). The third-order valence-corrected chi connectivity index (χ3v) is 8.42. The molecule has 0 radical (unpaired) electrons. The molecule has 0 fully saturated rings. The maximum atomic E-state index is 13.5. The lowest BCUT2D eigenvalue weighted by Gasteiger charge is -2.31. The van der Waals surface area contributed by atoms with Crippen molar-refractivity contribution in [1.82, 2.24) is 0 Å². The lowest BCUT2D eigenvalue weighted by atomic mass is 9.76. The number of nitrogens with zero attached hydrogens (tertiary/aromatic N) is 1. The van der Waals surface area contributed by atoms with Gasteiger partial charge in [-0.25, -0.2) is 4.79 Å². The van der Waals surface area contributed by atoms with E-state index < -0.39 is 12.1 Å². The summed E-state index contributed by atoms with van der Waals surface area (Å²) in [6, 6.07) is 18.7. The number of ether oxygens (including phenoxy) is 1. The van der Waals surface area contributed by atoms with Gasteiger partial charge in [-0.3, -0.25) is 4.79 Å². The summed E-state index contributed by atoms with van der Waals surface area (Å²) in [5.41, 5.74) is 3.73. The average molecular weight is 599 g/mol. The van der Waals surface area contributed by atoms with Crippen LogP contribution in [0, 0.1) is 11.3 Å². The molecule has 0 bridgehead atoms. The first-order valence-corrected chi connectivity index (χ1v) is 15.4. The van der Waals surface area contributed by atoms with E-state index in [2.05, 4.69) is 76.5 Å². The van der Waals surface area contributed by atoms with E-state index in [9.17, 15) is 14.7 Å². The lowest BCUT2D eigenvalue weighted by molar-refractivity contribution is -0.123. The summed E-state index contributed by atoms with van der Waals surface area (Å²) in [6.07, 6.45) is 3.45. The van der Waals surface area contributed by atoms with E-state index in [1.54, 1.807) is 30.3 Å². The molecule has 0 aliphatic carbocycles. The van der Waals surface area contributed by atoms with Crippen molar-refractivity contribution in [2.24, 2.45) is 0 Å². The van der Waals surface area contributed by atoms with Gasteiger partial charge in [0.2, 0.25) is 0 Å². The van der Waals surface area contributed by atoms with Crippen molar-refractivity contribution in [1.29, 1.82) is 5.26 Å². The van der Waals surface area contributed by atoms with Crippen LogP contribution in [0.25, 0.3) is 0 Å². The molecule has 1 unspecified atom stereocenters. The van der Waals surface area contributed by atoms with Gasteiger partial charge in [-0.15, -0.1) is 0 Å². The molecule has 4 N–H and O–H groups in total. The quantitative estimate of drug-likeness (QED) is 0.146. The highest BCUT2D eigenvalue weighted by molar-refractivity contribution is 6.01. The van der Waals surface area contributed by atoms with Crippen LogP contribution < -0.4 is 20.7 Å². The number of hydrogen-bond acceptors (Lipinski definition) is 5. The third kappa shape index (κ3) is 8.76. The molecule has 44 heavy (non-hydrogen) atoms. The van der Waals surface area contributed by atoms with Gasteiger partial charge in [0.25, 0.3) is 5.91 Å². The topological polar surface area (TPSA) is 123 Å². The molecule has 8 heteroatoms. The van der Waals surface area contributed by atoms with Crippen LogP contribution in [0.5, 0.6) is 11.5 Å².